The summed E-state index contributed by atoms with van der Waals surface area (Å²) in [5.74, 6) is 0.833. The summed E-state index contributed by atoms with van der Waals surface area (Å²) < 4.78 is 4.78. The van der Waals surface area contributed by atoms with Crippen LogP contribution < -0.4 is 4.57 Å². The van der Waals surface area contributed by atoms with Gasteiger partial charge in [-0.15, -0.1) is 0 Å². The molecule has 0 atom stereocenters. The van der Waals surface area contributed by atoms with Crippen LogP contribution >= 0.6 is 0 Å². The molecule has 0 unspecified atom stereocenters. The molecule has 2 aromatic carbocycles. The van der Waals surface area contributed by atoms with Crippen molar-refractivity contribution in [1.82, 2.24) is 9.38 Å². The van der Waals surface area contributed by atoms with E-state index in [1.165, 1.54) is 92.3 Å². The van der Waals surface area contributed by atoms with Gasteiger partial charge in [-0.25, -0.2) is 9.55 Å². The number of benzene rings is 2. The fraction of sp³-hybridized carbons (Fsp3) is 0.310. The molecule has 3 heteroatoms. The molecule has 6 aromatic rings. The van der Waals surface area contributed by atoms with Crippen LogP contribution in [0, 0.1) is 19.8 Å². The SMILES string of the molecule is Cc1cc2c3cccnc3n3c4cc(CC5CCCC5)cc5cc[n+](C)c(c(c1C)c23)c54. The fourth-order valence-electron chi connectivity index (χ4n) is 6.44. The minimum atomic E-state index is 0.833. The molecule has 1 aliphatic rings. The quantitative estimate of drug-likeness (QED) is 0.177. The first-order valence-electron chi connectivity index (χ1n) is 12.0. The molecule has 0 spiro atoms. The summed E-state index contributed by atoms with van der Waals surface area (Å²) in [6.07, 6.45) is 10.9. The molecule has 0 saturated heterocycles. The minimum Gasteiger partial charge on any atom is -0.292 e. The Hall–Kier alpha value is -3.20. The molecular weight excluding hydrogens is 390 g/mol. The Kier molecular flexibility index (Phi) is 3.68. The summed E-state index contributed by atoms with van der Waals surface area (Å²) in [4.78, 5) is 4.90. The smallest absolute Gasteiger partial charge is 0.224 e. The number of hydrogen-bond acceptors (Lipinski definition) is 1. The minimum absolute atomic E-state index is 0.833. The van der Waals surface area contributed by atoms with Crippen LogP contribution in [0.1, 0.15) is 42.4 Å². The van der Waals surface area contributed by atoms with Crippen LogP contribution in [0.2, 0.25) is 0 Å². The van der Waals surface area contributed by atoms with Gasteiger partial charge in [-0.1, -0.05) is 31.7 Å². The summed E-state index contributed by atoms with van der Waals surface area (Å²) in [7, 11) is 2.19. The molecule has 1 fully saturated rings. The van der Waals surface area contributed by atoms with Gasteiger partial charge in [0.05, 0.1) is 21.8 Å². The second-order valence-corrected chi connectivity index (χ2v) is 10.0. The third-order valence-electron chi connectivity index (χ3n) is 8.08. The lowest BCUT2D eigenvalue weighted by Gasteiger charge is -2.16. The van der Waals surface area contributed by atoms with E-state index in [0.717, 1.165) is 11.6 Å². The maximum absolute atomic E-state index is 4.90. The Morgan fingerprint density at radius 3 is 2.72 bits per heavy atom. The summed E-state index contributed by atoms with van der Waals surface area (Å²) in [6, 6.07) is 13.9. The number of fused-ring (bicyclic) bond motifs is 5. The number of aryl methyl sites for hydroxylation is 3. The normalized spacial score (nSPS) is 15.5. The average molecular weight is 419 g/mol. The molecule has 0 radical (unpaired) electrons. The van der Waals surface area contributed by atoms with Gasteiger partial charge in [0.1, 0.15) is 12.7 Å². The number of pyridine rings is 3. The Morgan fingerprint density at radius 1 is 1.03 bits per heavy atom. The highest BCUT2D eigenvalue weighted by Gasteiger charge is 2.26. The fourth-order valence-corrected chi connectivity index (χ4v) is 6.44. The van der Waals surface area contributed by atoms with Crippen molar-refractivity contribution < 1.29 is 4.57 Å². The number of rotatable bonds is 2. The van der Waals surface area contributed by atoms with Gasteiger partial charge in [-0.2, -0.15) is 0 Å². The average Bonchev–Trinajstić information content (AvgIpc) is 3.42. The summed E-state index contributed by atoms with van der Waals surface area (Å²) in [6.45, 7) is 4.52. The molecule has 158 valence electrons. The predicted octanol–water partition coefficient (Wildman–Crippen LogP) is 6.56. The van der Waals surface area contributed by atoms with E-state index in [4.69, 9.17) is 4.98 Å². The van der Waals surface area contributed by atoms with Crippen molar-refractivity contribution in [1.29, 1.82) is 0 Å². The van der Waals surface area contributed by atoms with Crippen LogP contribution in [0.3, 0.4) is 0 Å². The van der Waals surface area contributed by atoms with Crippen molar-refractivity contribution in [2.24, 2.45) is 13.0 Å². The van der Waals surface area contributed by atoms with E-state index in [0.29, 0.717) is 0 Å². The first-order chi connectivity index (χ1) is 15.6. The van der Waals surface area contributed by atoms with E-state index < -0.39 is 0 Å². The lowest BCUT2D eigenvalue weighted by atomic mass is 9.93. The molecular formula is C29H28N3+. The van der Waals surface area contributed by atoms with Gasteiger partial charge >= 0.3 is 0 Å². The monoisotopic (exact) mass is 418 g/mol. The molecule has 32 heavy (non-hydrogen) atoms. The van der Waals surface area contributed by atoms with Crippen LogP contribution in [-0.4, -0.2) is 9.38 Å². The summed E-state index contributed by atoms with van der Waals surface area (Å²) >= 11 is 0. The van der Waals surface area contributed by atoms with Crippen molar-refractivity contribution in [3.63, 3.8) is 0 Å². The largest absolute Gasteiger partial charge is 0.292 e. The van der Waals surface area contributed by atoms with Crippen molar-refractivity contribution in [3.05, 3.63) is 65.5 Å². The van der Waals surface area contributed by atoms with Gasteiger partial charge in [0, 0.05) is 23.0 Å². The number of nitrogens with zero attached hydrogens (tertiary/aromatic N) is 3. The van der Waals surface area contributed by atoms with E-state index in [2.05, 4.69) is 72.5 Å². The van der Waals surface area contributed by atoms with Gasteiger partial charge in [-0.05, 0) is 72.5 Å². The van der Waals surface area contributed by atoms with Gasteiger partial charge in [0.15, 0.2) is 6.20 Å². The molecule has 4 heterocycles. The molecule has 7 rings (SSSR count). The second-order valence-electron chi connectivity index (χ2n) is 10.0. The Labute approximate surface area is 187 Å². The highest BCUT2D eigenvalue weighted by atomic mass is 15.0. The van der Waals surface area contributed by atoms with Crippen LogP contribution in [0.5, 0.6) is 0 Å². The zero-order valence-corrected chi connectivity index (χ0v) is 19.1. The number of aromatic nitrogens is 3. The third-order valence-corrected chi connectivity index (χ3v) is 8.08. The third kappa shape index (κ3) is 2.31. The van der Waals surface area contributed by atoms with E-state index in [1.54, 1.807) is 0 Å². The molecule has 3 nitrogen and oxygen atoms in total. The van der Waals surface area contributed by atoms with Crippen LogP contribution in [0.4, 0.5) is 0 Å². The van der Waals surface area contributed by atoms with Crippen LogP contribution in [-0.2, 0) is 13.5 Å². The van der Waals surface area contributed by atoms with Crippen molar-refractivity contribution in [2.75, 3.05) is 0 Å². The zero-order valence-electron chi connectivity index (χ0n) is 19.1. The molecule has 4 aromatic heterocycles. The lowest BCUT2D eigenvalue weighted by Crippen LogP contribution is -2.29. The maximum atomic E-state index is 4.90. The van der Waals surface area contributed by atoms with Crippen LogP contribution in [0.15, 0.2) is 48.8 Å². The van der Waals surface area contributed by atoms with E-state index in [1.807, 2.05) is 6.20 Å². The standard InChI is InChI=1S/C29H28N3/c1-17-13-23-22-9-6-11-30-29(22)32-24-16-20(14-19-7-4-5-8-19)15-21-10-12-31(3)28(26(21)24)25(18(17)2)27(23)32/h6,9-13,15-16,19H,4-5,7-8,14H2,1-3H3/q+1. The second kappa shape index (κ2) is 6.41. The Balaban J connectivity index is 1.75. The summed E-state index contributed by atoms with van der Waals surface area (Å²) in [5, 5.41) is 6.63. The zero-order chi connectivity index (χ0) is 21.6. The van der Waals surface area contributed by atoms with Gasteiger partial charge < -0.3 is 0 Å². The number of hydrogen-bond donors (Lipinski definition) is 0. The van der Waals surface area contributed by atoms with Gasteiger partial charge in [0.2, 0.25) is 5.52 Å². The molecule has 0 bridgehead atoms. The van der Waals surface area contributed by atoms with E-state index >= 15 is 0 Å². The Bertz CT molecular complexity index is 1680. The molecule has 1 saturated carbocycles. The van der Waals surface area contributed by atoms with E-state index in [-0.39, 0.29) is 0 Å². The molecule has 1 aliphatic carbocycles. The van der Waals surface area contributed by atoms with Crippen molar-refractivity contribution in [3.8, 4) is 0 Å². The summed E-state index contributed by atoms with van der Waals surface area (Å²) in [5.41, 5.74) is 9.21. The first-order valence-corrected chi connectivity index (χ1v) is 12.0. The molecule has 0 aliphatic heterocycles. The van der Waals surface area contributed by atoms with Crippen LogP contribution in [0.25, 0.3) is 49.1 Å². The molecule has 0 amide bonds. The molecule has 0 N–H and O–H groups in total. The predicted molar refractivity (Wildman–Crippen MR) is 133 cm³/mol. The lowest BCUT2D eigenvalue weighted by molar-refractivity contribution is -0.643. The van der Waals surface area contributed by atoms with Crippen molar-refractivity contribution >= 4 is 49.1 Å². The highest BCUT2D eigenvalue weighted by Crippen LogP contribution is 2.41. The first kappa shape index (κ1) is 18.4. The van der Waals surface area contributed by atoms with E-state index in [9.17, 15) is 0 Å². The Morgan fingerprint density at radius 2 is 1.88 bits per heavy atom. The van der Waals surface area contributed by atoms with Gasteiger partial charge in [-0.3, -0.25) is 4.40 Å². The van der Waals surface area contributed by atoms with Gasteiger partial charge in [0.25, 0.3) is 0 Å². The topological polar surface area (TPSA) is 21.2 Å². The highest BCUT2D eigenvalue weighted by molar-refractivity contribution is 6.25. The maximum Gasteiger partial charge on any atom is 0.224 e. The van der Waals surface area contributed by atoms with Crippen molar-refractivity contribution in [2.45, 2.75) is 46.0 Å².